The molecule has 2 heteroatoms. The largest absolute Gasteiger partial charge is 0.315 e. The molecule has 0 radical (unpaired) electrons. The molecule has 1 fully saturated rings. The molecule has 86 valence electrons. The van der Waals surface area contributed by atoms with Gasteiger partial charge in [0.25, 0.3) is 0 Å². The molecule has 0 aliphatic heterocycles. The van der Waals surface area contributed by atoms with Crippen molar-refractivity contribution in [1.29, 1.82) is 5.26 Å². The van der Waals surface area contributed by atoms with Crippen molar-refractivity contribution in [3.63, 3.8) is 0 Å². The van der Waals surface area contributed by atoms with Gasteiger partial charge in [-0.2, -0.15) is 5.26 Å². The highest BCUT2D eigenvalue weighted by molar-refractivity contribution is 4.83. The SMILES string of the molecule is CC(C)(CNCCC#N)C1CCCCC1. The maximum atomic E-state index is 8.45. The summed E-state index contributed by atoms with van der Waals surface area (Å²) in [5.74, 6) is 0.876. The average Bonchev–Trinajstić information content (AvgIpc) is 2.26. The Labute approximate surface area is 94.1 Å². The number of hydrogen-bond donors (Lipinski definition) is 1. The molecule has 1 aliphatic carbocycles. The van der Waals surface area contributed by atoms with Gasteiger partial charge in [-0.25, -0.2) is 0 Å². The van der Waals surface area contributed by atoms with E-state index in [-0.39, 0.29) is 0 Å². The summed E-state index contributed by atoms with van der Waals surface area (Å²) >= 11 is 0. The van der Waals surface area contributed by atoms with Gasteiger partial charge in [0.1, 0.15) is 0 Å². The topological polar surface area (TPSA) is 35.8 Å². The second kappa shape index (κ2) is 6.12. The van der Waals surface area contributed by atoms with Crippen LogP contribution in [-0.2, 0) is 0 Å². The van der Waals surface area contributed by atoms with Crippen LogP contribution in [-0.4, -0.2) is 13.1 Å². The van der Waals surface area contributed by atoms with Crippen LogP contribution in [0.4, 0.5) is 0 Å². The Hall–Kier alpha value is -0.550. The Morgan fingerprint density at radius 2 is 1.93 bits per heavy atom. The van der Waals surface area contributed by atoms with E-state index in [1.807, 2.05) is 0 Å². The highest BCUT2D eigenvalue weighted by Crippen LogP contribution is 2.37. The third-order valence-corrected chi connectivity index (χ3v) is 3.70. The maximum absolute atomic E-state index is 8.45. The van der Waals surface area contributed by atoms with E-state index in [9.17, 15) is 0 Å². The van der Waals surface area contributed by atoms with Crippen molar-refractivity contribution in [3.8, 4) is 6.07 Å². The predicted octanol–water partition coefficient (Wildman–Crippen LogP) is 3.10. The molecule has 0 aromatic rings. The molecule has 0 atom stereocenters. The lowest BCUT2D eigenvalue weighted by atomic mass is 9.71. The second-order valence-corrected chi connectivity index (χ2v) is 5.41. The third-order valence-electron chi connectivity index (χ3n) is 3.70. The molecule has 0 saturated heterocycles. The standard InChI is InChI=1S/C13H24N2/c1-13(2,11-15-10-6-9-14)12-7-4-3-5-8-12/h12,15H,3-8,10-11H2,1-2H3. The van der Waals surface area contributed by atoms with Crippen LogP contribution in [0.2, 0.25) is 0 Å². The zero-order valence-corrected chi connectivity index (χ0v) is 10.2. The van der Waals surface area contributed by atoms with E-state index in [2.05, 4.69) is 25.2 Å². The van der Waals surface area contributed by atoms with E-state index in [0.717, 1.165) is 19.0 Å². The molecule has 0 aromatic carbocycles. The zero-order valence-electron chi connectivity index (χ0n) is 10.2. The van der Waals surface area contributed by atoms with Crippen LogP contribution >= 0.6 is 0 Å². The molecule has 15 heavy (non-hydrogen) atoms. The summed E-state index contributed by atoms with van der Waals surface area (Å²) in [6.45, 7) is 6.62. The Balaban J connectivity index is 2.26. The van der Waals surface area contributed by atoms with Crippen molar-refractivity contribution in [2.24, 2.45) is 11.3 Å². The number of hydrogen-bond acceptors (Lipinski definition) is 2. The highest BCUT2D eigenvalue weighted by Gasteiger charge is 2.29. The van der Waals surface area contributed by atoms with Crippen LogP contribution in [0.25, 0.3) is 0 Å². The van der Waals surface area contributed by atoms with Gasteiger partial charge in [0.15, 0.2) is 0 Å². The van der Waals surface area contributed by atoms with Crippen molar-refractivity contribution in [3.05, 3.63) is 0 Å². The van der Waals surface area contributed by atoms with Crippen LogP contribution in [0.5, 0.6) is 0 Å². The fraction of sp³-hybridized carbons (Fsp3) is 0.923. The lowest BCUT2D eigenvalue weighted by Crippen LogP contribution is -2.37. The van der Waals surface area contributed by atoms with Crippen molar-refractivity contribution < 1.29 is 0 Å². The van der Waals surface area contributed by atoms with Crippen molar-refractivity contribution in [2.75, 3.05) is 13.1 Å². The van der Waals surface area contributed by atoms with E-state index in [4.69, 9.17) is 5.26 Å². The summed E-state index contributed by atoms with van der Waals surface area (Å²) in [5.41, 5.74) is 0.399. The number of nitrogens with zero attached hydrogens (tertiary/aromatic N) is 1. The molecular formula is C13H24N2. The second-order valence-electron chi connectivity index (χ2n) is 5.41. The number of rotatable bonds is 5. The van der Waals surface area contributed by atoms with E-state index >= 15 is 0 Å². The Morgan fingerprint density at radius 1 is 1.27 bits per heavy atom. The molecule has 0 aromatic heterocycles. The van der Waals surface area contributed by atoms with Gasteiger partial charge in [-0.1, -0.05) is 33.1 Å². The maximum Gasteiger partial charge on any atom is 0.0635 e. The average molecular weight is 208 g/mol. The molecule has 0 heterocycles. The fourth-order valence-corrected chi connectivity index (χ4v) is 2.58. The summed E-state index contributed by atoms with van der Waals surface area (Å²) < 4.78 is 0. The quantitative estimate of drug-likeness (QED) is 0.705. The summed E-state index contributed by atoms with van der Waals surface area (Å²) in [7, 11) is 0. The van der Waals surface area contributed by atoms with Crippen LogP contribution in [0.15, 0.2) is 0 Å². The minimum atomic E-state index is 0.399. The first kappa shape index (κ1) is 12.5. The molecule has 0 bridgehead atoms. The minimum Gasteiger partial charge on any atom is -0.315 e. The van der Waals surface area contributed by atoms with Crippen LogP contribution < -0.4 is 5.32 Å². The molecule has 0 spiro atoms. The van der Waals surface area contributed by atoms with Gasteiger partial charge < -0.3 is 5.32 Å². The Morgan fingerprint density at radius 3 is 2.53 bits per heavy atom. The minimum absolute atomic E-state index is 0.399. The van der Waals surface area contributed by atoms with Crippen LogP contribution in [0.1, 0.15) is 52.4 Å². The highest BCUT2D eigenvalue weighted by atomic mass is 14.9. The predicted molar refractivity (Wildman–Crippen MR) is 63.5 cm³/mol. The fourth-order valence-electron chi connectivity index (χ4n) is 2.58. The number of nitriles is 1. The lowest BCUT2D eigenvalue weighted by molar-refractivity contribution is 0.155. The van der Waals surface area contributed by atoms with Gasteiger partial charge in [-0.05, 0) is 24.2 Å². The lowest BCUT2D eigenvalue weighted by Gasteiger charge is -2.37. The third kappa shape index (κ3) is 4.22. The smallest absolute Gasteiger partial charge is 0.0635 e. The monoisotopic (exact) mass is 208 g/mol. The van der Waals surface area contributed by atoms with Gasteiger partial charge in [0.2, 0.25) is 0 Å². The molecule has 1 saturated carbocycles. The van der Waals surface area contributed by atoms with Gasteiger partial charge in [0.05, 0.1) is 6.07 Å². The molecular weight excluding hydrogens is 184 g/mol. The van der Waals surface area contributed by atoms with E-state index in [1.54, 1.807) is 0 Å². The molecule has 1 rings (SSSR count). The molecule has 2 nitrogen and oxygen atoms in total. The van der Waals surface area contributed by atoms with E-state index < -0.39 is 0 Å². The zero-order chi connectivity index (χ0) is 11.1. The van der Waals surface area contributed by atoms with Crippen molar-refractivity contribution >= 4 is 0 Å². The Kier molecular flexibility index (Phi) is 5.11. The van der Waals surface area contributed by atoms with Gasteiger partial charge in [-0.15, -0.1) is 0 Å². The van der Waals surface area contributed by atoms with Gasteiger partial charge >= 0.3 is 0 Å². The van der Waals surface area contributed by atoms with E-state index in [0.29, 0.717) is 11.8 Å². The van der Waals surface area contributed by atoms with Gasteiger partial charge in [0, 0.05) is 19.5 Å². The first-order valence-electron chi connectivity index (χ1n) is 6.24. The van der Waals surface area contributed by atoms with Gasteiger partial charge in [-0.3, -0.25) is 0 Å². The molecule has 1 aliphatic rings. The van der Waals surface area contributed by atoms with Crippen molar-refractivity contribution in [2.45, 2.75) is 52.4 Å². The Bertz CT molecular complexity index is 209. The van der Waals surface area contributed by atoms with Crippen LogP contribution in [0.3, 0.4) is 0 Å². The van der Waals surface area contributed by atoms with E-state index in [1.165, 1.54) is 32.1 Å². The first-order valence-corrected chi connectivity index (χ1v) is 6.24. The molecule has 1 N–H and O–H groups in total. The summed E-state index contributed by atoms with van der Waals surface area (Å²) in [5, 5.41) is 11.9. The normalized spacial score (nSPS) is 18.7. The number of nitrogens with one attached hydrogen (secondary N) is 1. The van der Waals surface area contributed by atoms with Crippen molar-refractivity contribution in [1.82, 2.24) is 5.32 Å². The summed E-state index contributed by atoms with van der Waals surface area (Å²) in [6, 6.07) is 2.17. The molecule has 0 amide bonds. The van der Waals surface area contributed by atoms with Crippen LogP contribution in [0, 0.1) is 22.7 Å². The summed E-state index contributed by atoms with van der Waals surface area (Å²) in [4.78, 5) is 0. The molecule has 0 unspecified atom stereocenters. The first-order chi connectivity index (χ1) is 7.17. The summed E-state index contributed by atoms with van der Waals surface area (Å²) in [6.07, 6.45) is 7.66.